The quantitative estimate of drug-likeness (QED) is 0.488. The molecule has 0 aliphatic heterocycles. The van der Waals surface area contributed by atoms with Crippen LogP contribution >= 0.6 is 0 Å². The fraction of sp³-hybridized carbons (Fsp3) is 0.625. The van der Waals surface area contributed by atoms with Gasteiger partial charge in [0.2, 0.25) is 0 Å². The summed E-state index contributed by atoms with van der Waals surface area (Å²) in [6, 6.07) is 2.19. The lowest BCUT2D eigenvalue weighted by atomic mass is 9.66. The van der Waals surface area contributed by atoms with Crippen molar-refractivity contribution in [2.45, 2.75) is 26.2 Å². The summed E-state index contributed by atoms with van der Waals surface area (Å²) in [6.07, 6.45) is 2.80. The third kappa shape index (κ3) is 1.13. The zero-order valence-corrected chi connectivity index (χ0v) is 5.78. The maximum atomic E-state index is 8.37. The summed E-state index contributed by atoms with van der Waals surface area (Å²) in [5.41, 5.74) is 1.58. The minimum atomic E-state index is 0.284. The topological polar surface area (TPSA) is 23.8 Å². The van der Waals surface area contributed by atoms with Crippen LogP contribution in [0.5, 0.6) is 0 Å². The van der Waals surface area contributed by atoms with Crippen LogP contribution in [-0.4, -0.2) is 0 Å². The van der Waals surface area contributed by atoms with Gasteiger partial charge in [-0.15, -0.1) is 0 Å². The summed E-state index contributed by atoms with van der Waals surface area (Å²) in [7, 11) is 0. The molecule has 0 aromatic carbocycles. The Morgan fingerprint density at radius 3 is 2.67 bits per heavy atom. The second kappa shape index (κ2) is 1.88. The highest BCUT2D eigenvalue weighted by Crippen LogP contribution is 2.46. The number of allylic oxidation sites excluding steroid dienone is 1. The third-order valence-corrected chi connectivity index (χ3v) is 1.86. The molecule has 0 bridgehead atoms. The molecule has 0 saturated heterocycles. The van der Waals surface area contributed by atoms with Crippen molar-refractivity contribution in [1.82, 2.24) is 0 Å². The van der Waals surface area contributed by atoms with E-state index in [1.165, 1.54) is 5.57 Å². The minimum absolute atomic E-state index is 0.284. The summed E-state index contributed by atoms with van der Waals surface area (Å²) in [6.45, 7) is 5.97. The molecule has 0 aromatic heterocycles. The fourth-order valence-electron chi connectivity index (χ4n) is 1.47. The molecule has 1 aliphatic carbocycles. The van der Waals surface area contributed by atoms with Crippen molar-refractivity contribution in [3.05, 3.63) is 12.2 Å². The Morgan fingerprint density at radius 1 is 1.78 bits per heavy atom. The van der Waals surface area contributed by atoms with E-state index in [4.69, 9.17) is 5.26 Å². The van der Waals surface area contributed by atoms with Crippen molar-refractivity contribution in [2.24, 2.45) is 5.41 Å². The van der Waals surface area contributed by atoms with Crippen molar-refractivity contribution < 1.29 is 0 Å². The molecule has 0 N–H and O–H groups in total. The smallest absolute Gasteiger partial charge is 0.0627 e. The SMILES string of the molecule is C=C1CC(C)(CC#N)C1. The third-order valence-electron chi connectivity index (χ3n) is 1.86. The number of rotatable bonds is 1. The maximum absolute atomic E-state index is 8.37. The largest absolute Gasteiger partial charge is 0.198 e. The summed E-state index contributed by atoms with van der Waals surface area (Å²) >= 11 is 0. The van der Waals surface area contributed by atoms with Crippen molar-refractivity contribution >= 4 is 0 Å². The molecule has 0 unspecified atom stereocenters. The Bertz CT molecular complexity index is 165. The maximum Gasteiger partial charge on any atom is 0.0627 e. The van der Waals surface area contributed by atoms with E-state index < -0.39 is 0 Å². The van der Waals surface area contributed by atoms with E-state index in [0.717, 1.165) is 12.8 Å². The highest BCUT2D eigenvalue weighted by molar-refractivity contribution is 5.15. The molecule has 1 heteroatoms. The Kier molecular flexibility index (Phi) is 1.32. The van der Waals surface area contributed by atoms with Gasteiger partial charge in [-0.3, -0.25) is 0 Å². The van der Waals surface area contributed by atoms with E-state index in [1.54, 1.807) is 0 Å². The van der Waals surface area contributed by atoms with Gasteiger partial charge in [0.25, 0.3) is 0 Å². The van der Waals surface area contributed by atoms with Crippen molar-refractivity contribution in [3.8, 4) is 6.07 Å². The molecule has 0 aromatic rings. The van der Waals surface area contributed by atoms with Crippen LogP contribution in [0, 0.1) is 16.7 Å². The van der Waals surface area contributed by atoms with Gasteiger partial charge in [0.15, 0.2) is 0 Å². The number of hydrogen-bond acceptors (Lipinski definition) is 1. The number of nitriles is 1. The van der Waals surface area contributed by atoms with Gasteiger partial charge in [-0.1, -0.05) is 19.1 Å². The average Bonchev–Trinajstić information content (AvgIpc) is 1.62. The minimum Gasteiger partial charge on any atom is -0.198 e. The fourth-order valence-corrected chi connectivity index (χ4v) is 1.47. The van der Waals surface area contributed by atoms with E-state index in [1.807, 2.05) is 0 Å². The lowest BCUT2D eigenvalue weighted by molar-refractivity contribution is 0.246. The molecule has 1 rings (SSSR count). The van der Waals surface area contributed by atoms with Gasteiger partial charge < -0.3 is 0 Å². The molecule has 1 aliphatic rings. The molecule has 0 amide bonds. The predicted octanol–water partition coefficient (Wildman–Crippen LogP) is 2.26. The average molecular weight is 121 g/mol. The standard InChI is InChI=1S/C8H11N/c1-7-5-8(2,6-7)3-4-9/h1,3,5-6H2,2H3. The highest BCUT2D eigenvalue weighted by Gasteiger charge is 2.34. The number of hydrogen-bond donors (Lipinski definition) is 0. The van der Waals surface area contributed by atoms with Gasteiger partial charge >= 0.3 is 0 Å². The molecule has 0 atom stereocenters. The van der Waals surface area contributed by atoms with Crippen LogP contribution in [0.15, 0.2) is 12.2 Å². The van der Waals surface area contributed by atoms with E-state index in [0.29, 0.717) is 6.42 Å². The van der Waals surface area contributed by atoms with E-state index >= 15 is 0 Å². The van der Waals surface area contributed by atoms with Crippen molar-refractivity contribution in [1.29, 1.82) is 5.26 Å². The molecule has 0 spiro atoms. The summed E-state index contributed by atoms with van der Waals surface area (Å²) in [4.78, 5) is 0. The van der Waals surface area contributed by atoms with Crippen molar-refractivity contribution in [2.75, 3.05) is 0 Å². The molecule has 1 saturated carbocycles. The molecule has 1 fully saturated rings. The second-order valence-electron chi connectivity index (χ2n) is 3.25. The molecule has 48 valence electrons. The molecule has 0 heterocycles. The normalized spacial score (nSPS) is 22.4. The highest BCUT2D eigenvalue weighted by atomic mass is 14.4. The Balaban J connectivity index is 2.42. The van der Waals surface area contributed by atoms with Crippen LogP contribution < -0.4 is 0 Å². The first-order valence-electron chi connectivity index (χ1n) is 3.20. The van der Waals surface area contributed by atoms with E-state index in [-0.39, 0.29) is 5.41 Å². The van der Waals surface area contributed by atoms with Gasteiger partial charge in [-0.25, -0.2) is 0 Å². The second-order valence-corrected chi connectivity index (χ2v) is 3.25. The van der Waals surface area contributed by atoms with Crippen LogP contribution in [0.2, 0.25) is 0 Å². The van der Waals surface area contributed by atoms with Gasteiger partial charge in [0, 0.05) is 6.42 Å². The Morgan fingerprint density at radius 2 is 2.33 bits per heavy atom. The predicted molar refractivity (Wildman–Crippen MR) is 36.7 cm³/mol. The van der Waals surface area contributed by atoms with Crippen LogP contribution in [-0.2, 0) is 0 Å². The van der Waals surface area contributed by atoms with Crippen LogP contribution in [0.3, 0.4) is 0 Å². The summed E-state index contributed by atoms with van der Waals surface area (Å²) < 4.78 is 0. The van der Waals surface area contributed by atoms with Crippen LogP contribution in [0.4, 0.5) is 0 Å². The van der Waals surface area contributed by atoms with Crippen LogP contribution in [0.25, 0.3) is 0 Å². The molecular formula is C8H11N. The summed E-state index contributed by atoms with van der Waals surface area (Å²) in [5.74, 6) is 0. The van der Waals surface area contributed by atoms with E-state index in [9.17, 15) is 0 Å². The van der Waals surface area contributed by atoms with Gasteiger partial charge in [0.1, 0.15) is 0 Å². The molecule has 0 radical (unpaired) electrons. The molecule has 1 nitrogen and oxygen atoms in total. The van der Waals surface area contributed by atoms with Gasteiger partial charge in [0.05, 0.1) is 6.07 Å². The molecular weight excluding hydrogens is 110 g/mol. The lowest BCUT2D eigenvalue weighted by Crippen LogP contribution is -2.26. The first-order chi connectivity index (χ1) is 4.16. The monoisotopic (exact) mass is 121 g/mol. The van der Waals surface area contributed by atoms with Crippen molar-refractivity contribution in [3.63, 3.8) is 0 Å². The summed E-state index contributed by atoms with van der Waals surface area (Å²) in [5, 5.41) is 8.37. The Labute approximate surface area is 56.0 Å². The molecule has 9 heavy (non-hydrogen) atoms. The Hall–Kier alpha value is -0.770. The van der Waals surface area contributed by atoms with E-state index in [2.05, 4.69) is 19.6 Å². The number of nitrogens with zero attached hydrogens (tertiary/aromatic N) is 1. The van der Waals surface area contributed by atoms with Crippen LogP contribution in [0.1, 0.15) is 26.2 Å². The first kappa shape index (κ1) is 6.35. The zero-order chi connectivity index (χ0) is 6.91. The van der Waals surface area contributed by atoms with Gasteiger partial charge in [-0.05, 0) is 18.3 Å². The van der Waals surface area contributed by atoms with Gasteiger partial charge in [-0.2, -0.15) is 5.26 Å². The lowest BCUT2D eigenvalue weighted by Gasteiger charge is -2.38. The zero-order valence-electron chi connectivity index (χ0n) is 5.78. The first-order valence-corrected chi connectivity index (χ1v) is 3.20.